The number of likely N-dealkylation sites (tertiary alicyclic amines) is 1. The zero-order chi connectivity index (χ0) is 10.9. The number of carbonyl (C=O) groups is 2. The molecule has 1 rings (SSSR count). The summed E-state index contributed by atoms with van der Waals surface area (Å²) in [6, 6.07) is 0. The van der Waals surface area contributed by atoms with Crippen LogP contribution in [-0.2, 0) is 9.59 Å². The maximum atomic E-state index is 11.6. The Labute approximate surface area is 83.8 Å². The second kappa shape index (κ2) is 3.96. The Balaban J connectivity index is 2.63. The van der Waals surface area contributed by atoms with Gasteiger partial charge in [0.1, 0.15) is 0 Å². The fourth-order valence-electron chi connectivity index (χ4n) is 1.66. The van der Waals surface area contributed by atoms with Crippen molar-refractivity contribution in [2.75, 3.05) is 20.6 Å². The number of hydrogen-bond acceptors (Lipinski definition) is 3. The van der Waals surface area contributed by atoms with Crippen molar-refractivity contribution in [2.24, 2.45) is 11.7 Å². The van der Waals surface area contributed by atoms with Gasteiger partial charge in [0.15, 0.2) is 0 Å². The fraction of sp³-hybridized carbons (Fsp3) is 0.778. The Kier molecular flexibility index (Phi) is 3.10. The van der Waals surface area contributed by atoms with Crippen molar-refractivity contribution in [1.82, 2.24) is 9.80 Å². The molecule has 0 radical (unpaired) electrons. The molecule has 1 unspecified atom stereocenters. The number of nitrogens with zero attached hydrogens (tertiary/aromatic N) is 2. The van der Waals surface area contributed by atoms with Crippen LogP contribution in [0, 0.1) is 5.92 Å². The Morgan fingerprint density at radius 3 is 2.57 bits per heavy atom. The Morgan fingerprint density at radius 2 is 2.21 bits per heavy atom. The molecule has 5 nitrogen and oxygen atoms in total. The van der Waals surface area contributed by atoms with Crippen LogP contribution in [0.15, 0.2) is 0 Å². The first kappa shape index (κ1) is 11.0. The van der Waals surface area contributed by atoms with E-state index in [9.17, 15) is 9.59 Å². The van der Waals surface area contributed by atoms with E-state index in [2.05, 4.69) is 0 Å². The molecule has 0 aromatic rings. The van der Waals surface area contributed by atoms with Gasteiger partial charge in [-0.05, 0) is 6.92 Å². The number of amides is 2. The minimum atomic E-state index is -0.303. The van der Waals surface area contributed by atoms with Crippen molar-refractivity contribution in [3.8, 4) is 0 Å². The summed E-state index contributed by atoms with van der Waals surface area (Å²) in [5.74, 6) is -0.245. The maximum Gasteiger partial charge on any atom is 0.227 e. The lowest BCUT2D eigenvalue weighted by Gasteiger charge is -2.21. The molecule has 0 aliphatic carbocycles. The molecular weight excluding hydrogens is 182 g/mol. The average molecular weight is 199 g/mol. The van der Waals surface area contributed by atoms with Gasteiger partial charge in [-0.25, -0.2) is 0 Å². The van der Waals surface area contributed by atoms with E-state index in [1.165, 1.54) is 4.90 Å². The lowest BCUT2D eigenvalue weighted by atomic mass is 10.1. The topological polar surface area (TPSA) is 66.6 Å². The van der Waals surface area contributed by atoms with Gasteiger partial charge in [-0.2, -0.15) is 0 Å². The number of carbonyl (C=O) groups excluding carboxylic acids is 2. The van der Waals surface area contributed by atoms with Crippen molar-refractivity contribution >= 4 is 11.8 Å². The molecule has 0 saturated carbocycles. The van der Waals surface area contributed by atoms with E-state index in [0.29, 0.717) is 13.0 Å². The van der Waals surface area contributed by atoms with Gasteiger partial charge in [-0.15, -0.1) is 0 Å². The fourth-order valence-corrected chi connectivity index (χ4v) is 1.66. The highest BCUT2D eigenvalue weighted by Crippen LogP contribution is 2.20. The molecule has 0 aromatic carbocycles. The van der Waals surface area contributed by atoms with Crippen molar-refractivity contribution in [2.45, 2.75) is 19.5 Å². The number of nitrogens with two attached hydrogens (primary N) is 1. The average Bonchev–Trinajstić information content (AvgIpc) is 2.45. The third-order valence-corrected chi connectivity index (χ3v) is 2.44. The minimum Gasteiger partial charge on any atom is -0.349 e. The van der Waals surface area contributed by atoms with E-state index in [0.717, 1.165) is 0 Å². The first-order valence-corrected chi connectivity index (χ1v) is 4.69. The highest BCUT2D eigenvalue weighted by molar-refractivity contribution is 5.89. The summed E-state index contributed by atoms with van der Waals surface area (Å²) in [5.41, 5.74) is 5.61. The summed E-state index contributed by atoms with van der Waals surface area (Å²) in [6.07, 6.45) is -0.0130. The van der Waals surface area contributed by atoms with E-state index in [1.807, 2.05) is 0 Å². The molecule has 5 heteroatoms. The second-order valence-electron chi connectivity index (χ2n) is 3.92. The van der Waals surface area contributed by atoms with Gasteiger partial charge in [-0.1, -0.05) is 0 Å². The molecule has 1 saturated heterocycles. The van der Waals surface area contributed by atoms with Crippen LogP contribution in [0.25, 0.3) is 0 Å². The normalized spacial score (nSPS) is 23.9. The van der Waals surface area contributed by atoms with E-state index in [4.69, 9.17) is 5.73 Å². The molecule has 1 aliphatic heterocycles. The van der Waals surface area contributed by atoms with Crippen molar-refractivity contribution in [1.29, 1.82) is 0 Å². The quantitative estimate of drug-likeness (QED) is 0.635. The van der Waals surface area contributed by atoms with Crippen molar-refractivity contribution < 1.29 is 9.59 Å². The second-order valence-corrected chi connectivity index (χ2v) is 3.92. The summed E-state index contributed by atoms with van der Waals surface area (Å²) >= 11 is 0. The van der Waals surface area contributed by atoms with Crippen LogP contribution in [-0.4, -0.2) is 48.4 Å². The summed E-state index contributed by atoms with van der Waals surface area (Å²) in [4.78, 5) is 26.1. The first-order chi connectivity index (χ1) is 6.43. The Bertz CT molecular complexity index is 250. The van der Waals surface area contributed by atoms with Gasteiger partial charge in [0, 0.05) is 27.1 Å². The first-order valence-electron chi connectivity index (χ1n) is 4.69. The standard InChI is InChI=1S/C9H17N3O2/c1-6(10)12-5-7(4-8(12)13)9(14)11(2)3/h6-7H,4-5,10H2,1-3H3/t6-,7?/m1/s1. The molecule has 0 aromatic heterocycles. The molecule has 2 atom stereocenters. The molecule has 1 heterocycles. The van der Waals surface area contributed by atoms with Crippen molar-refractivity contribution in [3.05, 3.63) is 0 Å². The summed E-state index contributed by atoms with van der Waals surface area (Å²) in [7, 11) is 3.39. The van der Waals surface area contributed by atoms with Crippen LogP contribution < -0.4 is 5.73 Å². The van der Waals surface area contributed by atoms with E-state index >= 15 is 0 Å². The monoisotopic (exact) mass is 199 g/mol. The van der Waals surface area contributed by atoms with Crippen LogP contribution >= 0.6 is 0 Å². The Morgan fingerprint density at radius 1 is 1.64 bits per heavy atom. The minimum absolute atomic E-state index is 0.00139. The molecule has 80 valence electrons. The molecule has 0 bridgehead atoms. The lowest BCUT2D eigenvalue weighted by molar-refractivity contribution is -0.133. The smallest absolute Gasteiger partial charge is 0.227 e. The van der Waals surface area contributed by atoms with Gasteiger partial charge in [0.05, 0.1) is 12.1 Å². The summed E-state index contributed by atoms with van der Waals surface area (Å²) in [5, 5.41) is 0. The molecule has 2 amide bonds. The molecule has 1 aliphatic rings. The predicted molar refractivity (Wildman–Crippen MR) is 52.2 cm³/mol. The zero-order valence-corrected chi connectivity index (χ0v) is 8.86. The predicted octanol–water partition coefficient (Wildman–Crippen LogP) is -0.772. The van der Waals surface area contributed by atoms with E-state index < -0.39 is 0 Å². The number of rotatable bonds is 2. The van der Waals surface area contributed by atoms with Crippen LogP contribution in [0.4, 0.5) is 0 Å². The third kappa shape index (κ3) is 2.04. The van der Waals surface area contributed by atoms with Crippen LogP contribution in [0.2, 0.25) is 0 Å². The largest absolute Gasteiger partial charge is 0.349 e. The van der Waals surface area contributed by atoms with Gasteiger partial charge in [0.2, 0.25) is 11.8 Å². The van der Waals surface area contributed by atoms with Gasteiger partial charge >= 0.3 is 0 Å². The van der Waals surface area contributed by atoms with E-state index in [-0.39, 0.29) is 23.9 Å². The van der Waals surface area contributed by atoms with Crippen molar-refractivity contribution in [3.63, 3.8) is 0 Å². The van der Waals surface area contributed by atoms with Crippen LogP contribution in [0.3, 0.4) is 0 Å². The molecule has 1 fully saturated rings. The number of hydrogen-bond donors (Lipinski definition) is 1. The summed E-state index contributed by atoms with van der Waals surface area (Å²) < 4.78 is 0. The summed E-state index contributed by atoms with van der Waals surface area (Å²) in [6.45, 7) is 2.20. The lowest BCUT2D eigenvalue weighted by Crippen LogP contribution is -2.41. The van der Waals surface area contributed by atoms with Gasteiger partial charge in [-0.3, -0.25) is 9.59 Å². The molecule has 0 spiro atoms. The highest BCUT2D eigenvalue weighted by Gasteiger charge is 2.36. The van der Waals surface area contributed by atoms with Gasteiger partial charge < -0.3 is 15.5 Å². The SMILES string of the molecule is C[C@H](N)N1CC(C(=O)N(C)C)CC1=O. The molecular formula is C9H17N3O2. The maximum absolute atomic E-state index is 11.6. The van der Waals surface area contributed by atoms with Crippen LogP contribution in [0.5, 0.6) is 0 Å². The third-order valence-electron chi connectivity index (χ3n) is 2.44. The van der Waals surface area contributed by atoms with Gasteiger partial charge in [0.25, 0.3) is 0 Å². The molecule has 14 heavy (non-hydrogen) atoms. The highest BCUT2D eigenvalue weighted by atomic mass is 16.2. The molecule has 2 N–H and O–H groups in total. The van der Waals surface area contributed by atoms with Crippen LogP contribution in [0.1, 0.15) is 13.3 Å². The van der Waals surface area contributed by atoms with E-state index in [1.54, 1.807) is 25.9 Å². The Hall–Kier alpha value is -1.10. The zero-order valence-electron chi connectivity index (χ0n) is 8.86.